The van der Waals surface area contributed by atoms with Gasteiger partial charge in [0, 0.05) is 23.8 Å². The first kappa shape index (κ1) is 13.6. The van der Waals surface area contributed by atoms with Gasteiger partial charge < -0.3 is 10.1 Å². The van der Waals surface area contributed by atoms with Gasteiger partial charge in [-0.15, -0.1) is 0 Å². The minimum absolute atomic E-state index is 0.220. The highest BCUT2D eigenvalue weighted by Gasteiger charge is 2.17. The van der Waals surface area contributed by atoms with Crippen LogP contribution in [0.1, 0.15) is 43.6 Å². The second kappa shape index (κ2) is 6.38. The summed E-state index contributed by atoms with van der Waals surface area (Å²) in [6, 6.07) is 10.6. The number of nitrogens with zero attached hydrogens (tertiary/aromatic N) is 1. The van der Waals surface area contributed by atoms with Crippen molar-refractivity contribution in [2.75, 3.05) is 7.11 Å². The molecule has 2 atom stereocenters. The number of benzene rings is 1. The van der Waals surface area contributed by atoms with Crippen LogP contribution < -0.4 is 10.1 Å². The molecule has 4 heteroatoms. The van der Waals surface area contributed by atoms with E-state index in [2.05, 4.69) is 35.4 Å². The van der Waals surface area contributed by atoms with Crippen LogP contribution in [-0.2, 0) is 0 Å². The van der Waals surface area contributed by atoms with Crippen molar-refractivity contribution in [3.05, 3.63) is 47.8 Å². The van der Waals surface area contributed by atoms with Gasteiger partial charge in [0.25, 0.3) is 0 Å². The third-order valence-electron chi connectivity index (χ3n) is 3.36. The highest BCUT2D eigenvalue weighted by Crippen LogP contribution is 2.28. The summed E-state index contributed by atoms with van der Waals surface area (Å²) in [6.45, 7) is 4.30. The molecule has 1 aromatic carbocycles. The van der Waals surface area contributed by atoms with E-state index in [0.29, 0.717) is 0 Å². The molecule has 2 rings (SSSR count). The lowest BCUT2D eigenvalue weighted by atomic mass is 10.0. The van der Waals surface area contributed by atoms with Crippen molar-refractivity contribution in [3.63, 3.8) is 0 Å². The summed E-state index contributed by atoms with van der Waals surface area (Å²) in [6.07, 6.45) is 2.77. The van der Waals surface area contributed by atoms with Crippen LogP contribution in [0.5, 0.6) is 5.75 Å². The average Bonchev–Trinajstić information content (AvgIpc) is 2.98. The first-order chi connectivity index (χ1) is 9.26. The summed E-state index contributed by atoms with van der Waals surface area (Å²) in [5.74, 6) is 0.929. The molecule has 1 heterocycles. The zero-order valence-corrected chi connectivity index (χ0v) is 11.7. The molecular weight excluding hydrogens is 238 g/mol. The van der Waals surface area contributed by atoms with Crippen LogP contribution in [0, 0.1) is 0 Å². The summed E-state index contributed by atoms with van der Waals surface area (Å²) in [7, 11) is 1.71. The maximum atomic E-state index is 5.44. The smallest absolute Gasteiger partial charge is 0.123 e. The van der Waals surface area contributed by atoms with Gasteiger partial charge in [-0.2, -0.15) is 5.10 Å². The highest BCUT2D eigenvalue weighted by atomic mass is 16.5. The molecule has 0 bridgehead atoms. The molecule has 0 fully saturated rings. The number of methoxy groups -OCH3 is 1. The van der Waals surface area contributed by atoms with Crippen molar-refractivity contribution in [1.29, 1.82) is 0 Å². The van der Waals surface area contributed by atoms with Gasteiger partial charge in [0.2, 0.25) is 0 Å². The fourth-order valence-corrected chi connectivity index (χ4v) is 2.28. The number of ether oxygens (including phenoxy) is 1. The van der Waals surface area contributed by atoms with Crippen molar-refractivity contribution in [2.45, 2.75) is 32.4 Å². The van der Waals surface area contributed by atoms with E-state index in [-0.39, 0.29) is 12.1 Å². The maximum Gasteiger partial charge on any atom is 0.123 e. The number of hydrogen-bond acceptors (Lipinski definition) is 3. The number of nitrogens with one attached hydrogen (secondary N) is 2. The third kappa shape index (κ3) is 3.15. The Balaban J connectivity index is 2.16. The van der Waals surface area contributed by atoms with Gasteiger partial charge in [-0.1, -0.05) is 25.1 Å². The van der Waals surface area contributed by atoms with Gasteiger partial charge in [-0.25, -0.2) is 0 Å². The predicted octanol–water partition coefficient (Wildman–Crippen LogP) is 3.22. The van der Waals surface area contributed by atoms with Crippen LogP contribution in [0.15, 0.2) is 36.5 Å². The Kier molecular flexibility index (Phi) is 4.58. The van der Waals surface area contributed by atoms with Crippen LogP contribution in [-0.4, -0.2) is 17.3 Å². The molecule has 0 aliphatic rings. The summed E-state index contributed by atoms with van der Waals surface area (Å²) in [4.78, 5) is 0. The Morgan fingerprint density at radius 1 is 1.32 bits per heavy atom. The third-order valence-corrected chi connectivity index (χ3v) is 3.36. The molecule has 2 unspecified atom stereocenters. The number of aromatic amines is 1. The molecule has 19 heavy (non-hydrogen) atoms. The highest BCUT2D eigenvalue weighted by molar-refractivity contribution is 5.36. The molecule has 0 saturated heterocycles. The Labute approximate surface area is 114 Å². The normalized spacial score (nSPS) is 14.1. The lowest BCUT2D eigenvalue weighted by Gasteiger charge is -2.23. The molecule has 102 valence electrons. The summed E-state index contributed by atoms with van der Waals surface area (Å²) < 4.78 is 5.44. The molecule has 0 radical (unpaired) electrons. The summed E-state index contributed by atoms with van der Waals surface area (Å²) in [5.41, 5.74) is 2.28. The van der Waals surface area contributed by atoms with Crippen molar-refractivity contribution < 1.29 is 4.74 Å². The number of para-hydroxylation sites is 1. The molecule has 0 aliphatic carbocycles. The van der Waals surface area contributed by atoms with Gasteiger partial charge in [-0.3, -0.25) is 5.10 Å². The molecule has 1 aromatic heterocycles. The minimum Gasteiger partial charge on any atom is -0.496 e. The Morgan fingerprint density at radius 2 is 2.11 bits per heavy atom. The van der Waals surface area contributed by atoms with E-state index in [0.717, 1.165) is 17.9 Å². The van der Waals surface area contributed by atoms with Gasteiger partial charge in [-0.05, 0) is 25.5 Å². The predicted molar refractivity (Wildman–Crippen MR) is 76.2 cm³/mol. The van der Waals surface area contributed by atoms with Crippen LogP contribution in [0.4, 0.5) is 0 Å². The molecular formula is C15H21N3O. The molecule has 0 amide bonds. The zero-order chi connectivity index (χ0) is 13.7. The van der Waals surface area contributed by atoms with Gasteiger partial charge in [0.05, 0.1) is 12.8 Å². The molecule has 2 N–H and O–H groups in total. The Hall–Kier alpha value is -1.81. The summed E-state index contributed by atoms with van der Waals surface area (Å²) in [5, 5.41) is 10.6. The standard InChI is InChI=1S/C15H21N3O/c1-4-13(12-7-5-6-8-15(12)19-3)17-11(2)14-9-10-16-18-14/h5-11,13,17H,4H2,1-3H3,(H,16,18). The van der Waals surface area contributed by atoms with Crippen LogP contribution in [0.25, 0.3) is 0 Å². The molecule has 2 aromatic rings. The van der Waals surface area contributed by atoms with E-state index in [1.54, 1.807) is 13.3 Å². The van der Waals surface area contributed by atoms with E-state index in [9.17, 15) is 0 Å². The fraction of sp³-hybridized carbons (Fsp3) is 0.400. The number of aromatic nitrogens is 2. The lowest BCUT2D eigenvalue weighted by molar-refractivity contribution is 0.387. The van der Waals surface area contributed by atoms with Gasteiger partial charge in [0.1, 0.15) is 5.75 Å². The fourth-order valence-electron chi connectivity index (χ4n) is 2.28. The number of hydrogen-bond donors (Lipinski definition) is 2. The van der Waals surface area contributed by atoms with Crippen molar-refractivity contribution >= 4 is 0 Å². The van der Waals surface area contributed by atoms with E-state index < -0.39 is 0 Å². The SMILES string of the molecule is CCC(NC(C)c1ccn[nH]1)c1ccccc1OC. The monoisotopic (exact) mass is 259 g/mol. The van der Waals surface area contributed by atoms with E-state index >= 15 is 0 Å². The molecule has 0 aliphatic heterocycles. The molecule has 4 nitrogen and oxygen atoms in total. The minimum atomic E-state index is 0.220. The van der Waals surface area contributed by atoms with Crippen LogP contribution in [0.2, 0.25) is 0 Å². The second-order valence-corrected chi connectivity index (χ2v) is 4.60. The van der Waals surface area contributed by atoms with Crippen molar-refractivity contribution in [2.24, 2.45) is 0 Å². The maximum absolute atomic E-state index is 5.44. The number of H-pyrrole nitrogens is 1. The van der Waals surface area contributed by atoms with E-state index in [1.165, 1.54) is 5.56 Å². The van der Waals surface area contributed by atoms with E-state index in [4.69, 9.17) is 4.74 Å². The summed E-state index contributed by atoms with van der Waals surface area (Å²) >= 11 is 0. The van der Waals surface area contributed by atoms with Crippen LogP contribution >= 0.6 is 0 Å². The van der Waals surface area contributed by atoms with Gasteiger partial charge in [0.15, 0.2) is 0 Å². The quantitative estimate of drug-likeness (QED) is 0.837. The Morgan fingerprint density at radius 3 is 2.74 bits per heavy atom. The van der Waals surface area contributed by atoms with Crippen LogP contribution in [0.3, 0.4) is 0 Å². The topological polar surface area (TPSA) is 49.9 Å². The lowest BCUT2D eigenvalue weighted by Crippen LogP contribution is -2.25. The van der Waals surface area contributed by atoms with E-state index in [1.807, 2.05) is 24.3 Å². The average molecular weight is 259 g/mol. The largest absolute Gasteiger partial charge is 0.496 e. The Bertz CT molecular complexity index is 496. The first-order valence-corrected chi connectivity index (χ1v) is 6.64. The van der Waals surface area contributed by atoms with Crippen molar-refractivity contribution in [3.8, 4) is 5.75 Å². The number of rotatable bonds is 6. The second-order valence-electron chi connectivity index (χ2n) is 4.60. The molecule has 0 saturated carbocycles. The molecule has 0 spiro atoms. The first-order valence-electron chi connectivity index (χ1n) is 6.64. The van der Waals surface area contributed by atoms with Crippen molar-refractivity contribution in [1.82, 2.24) is 15.5 Å². The van der Waals surface area contributed by atoms with Gasteiger partial charge >= 0.3 is 0 Å². The zero-order valence-electron chi connectivity index (χ0n) is 11.7.